The highest BCUT2D eigenvalue weighted by Crippen LogP contribution is 2.33. The first-order valence-corrected chi connectivity index (χ1v) is 7.71. The molecule has 0 radical (unpaired) electrons. The van der Waals surface area contributed by atoms with E-state index in [-0.39, 0.29) is 12.0 Å². The molecule has 3 rings (SSSR count). The second-order valence-corrected chi connectivity index (χ2v) is 5.81. The number of aliphatic hydroxyl groups is 1. The Labute approximate surface area is 126 Å². The molecule has 3 unspecified atom stereocenters. The highest BCUT2D eigenvalue weighted by molar-refractivity contribution is 5.64. The lowest BCUT2D eigenvalue weighted by Crippen LogP contribution is -2.27. The van der Waals surface area contributed by atoms with Gasteiger partial charge in [-0.1, -0.05) is 54.6 Å². The first-order valence-electron chi connectivity index (χ1n) is 7.71. The van der Waals surface area contributed by atoms with E-state index in [9.17, 15) is 5.11 Å². The zero-order chi connectivity index (χ0) is 14.7. The molecule has 0 spiro atoms. The van der Waals surface area contributed by atoms with Crippen molar-refractivity contribution in [3.63, 3.8) is 0 Å². The molecule has 110 valence electrons. The van der Waals surface area contributed by atoms with Gasteiger partial charge in [0.1, 0.15) is 0 Å². The summed E-state index contributed by atoms with van der Waals surface area (Å²) >= 11 is 0. The van der Waals surface area contributed by atoms with E-state index in [1.807, 2.05) is 25.1 Å². The molecule has 2 aromatic carbocycles. The van der Waals surface area contributed by atoms with Crippen molar-refractivity contribution in [3.05, 3.63) is 60.2 Å². The van der Waals surface area contributed by atoms with Gasteiger partial charge in [0.15, 0.2) is 0 Å². The van der Waals surface area contributed by atoms with Gasteiger partial charge in [-0.2, -0.15) is 0 Å². The number of benzene rings is 2. The van der Waals surface area contributed by atoms with Crippen LogP contribution in [0.5, 0.6) is 0 Å². The Morgan fingerprint density at radius 2 is 1.81 bits per heavy atom. The van der Waals surface area contributed by atoms with Gasteiger partial charge in [0, 0.05) is 12.5 Å². The molecule has 1 N–H and O–H groups in total. The van der Waals surface area contributed by atoms with E-state index in [2.05, 4.69) is 36.4 Å². The summed E-state index contributed by atoms with van der Waals surface area (Å²) in [7, 11) is 0. The van der Waals surface area contributed by atoms with Crippen LogP contribution in [0.25, 0.3) is 11.1 Å². The number of hydrogen-bond donors (Lipinski definition) is 1. The monoisotopic (exact) mass is 282 g/mol. The Kier molecular flexibility index (Phi) is 4.37. The van der Waals surface area contributed by atoms with Gasteiger partial charge in [-0.05, 0) is 36.5 Å². The van der Waals surface area contributed by atoms with Crippen LogP contribution in [0, 0.1) is 0 Å². The minimum Gasteiger partial charge on any atom is -0.393 e. The minimum atomic E-state index is -0.404. The first-order chi connectivity index (χ1) is 10.3. The Balaban J connectivity index is 1.93. The Hall–Kier alpha value is -1.64. The van der Waals surface area contributed by atoms with Gasteiger partial charge in [-0.15, -0.1) is 0 Å². The molecule has 1 fully saturated rings. The van der Waals surface area contributed by atoms with Gasteiger partial charge in [0.2, 0.25) is 0 Å². The molecule has 3 atom stereocenters. The fraction of sp³-hybridized carbons (Fsp3) is 0.368. The van der Waals surface area contributed by atoms with Gasteiger partial charge in [0.05, 0.1) is 12.2 Å². The summed E-state index contributed by atoms with van der Waals surface area (Å²) in [5.74, 6) is 0.0520. The van der Waals surface area contributed by atoms with Crippen molar-refractivity contribution in [2.45, 2.75) is 37.9 Å². The second kappa shape index (κ2) is 6.42. The SMILES string of the molecule is CC(O)C(c1cccc(-c2ccccc2)c1)C1CCCO1. The van der Waals surface area contributed by atoms with Crippen molar-refractivity contribution in [1.29, 1.82) is 0 Å². The van der Waals surface area contributed by atoms with Crippen molar-refractivity contribution >= 4 is 0 Å². The van der Waals surface area contributed by atoms with Crippen LogP contribution < -0.4 is 0 Å². The highest BCUT2D eigenvalue weighted by Gasteiger charge is 2.30. The van der Waals surface area contributed by atoms with Crippen molar-refractivity contribution in [2.75, 3.05) is 6.61 Å². The van der Waals surface area contributed by atoms with E-state index in [0.717, 1.165) is 19.4 Å². The molecule has 1 heterocycles. The van der Waals surface area contributed by atoms with Gasteiger partial charge >= 0.3 is 0 Å². The molecule has 1 aliphatic heterocycles. The Bertz CT molecular complexity index is 571. The average Bonchev–Trinajstić information content (AvgIpc) is 3.02. The second-order valence-electron chi connectivity index (χ2n) is 5.81. The first kappa shape index (κ1) is 14.3. The van der Waals surface area contributed by atoms with Crippen LogP contribution in [-0.2, 0) is 4.74 Å². The predicted molar refractivity (Wildman–Crippen MR) is 85.3 cm³/mol. The third-order valence-corrected chi connectivity index (χ3v) is 4.26. The van der Waals surface area contributed by atoms with Crippen LogP contribution >= 0.6 is 0 Å². The molecule has 0 saturated carbocycles. The van der Waals surface area contributed by atoms with Crippen LogP contribution in [0.2, 0.25) is 0 Å². The fourth-order valence-electron chi connectivity index (χ4n) is 3.25. The van der Waals surface area contributed by atoms with Crippen LogP contribution in [-0.4, -0.2) is 23.9 Å². The number of hydrogen-bond acceptors (Lipinski definition) is 2. The molecular formula is C19H22O2. The number of ether oxygens (including phenoxy) is 1. The maximum atomic E-state index is 10.2. The third-order valence-electron chi connectivity index (χ3n) is 4.26. The fourth-order valence-corrected chi connectivity index (χ4v) is 3.25. The topological polar surface area (TPSA) is 29.5 Å². The number of rotatable bonds is 4. The lowest BCUT2D eigenvalue weighted by atomic mass is 9.86. The molecule has 2 heteroatoms. The summed E-state index contributed by atoms with van der Waals surface area (Å²) in [4.78, 5) is 0. The predicted octanol–water partition coefficient (Wildman–Crippen LogP) is 4.00. The maximum absolute atomic E-state index is 10.2. The van der Waals surface area contributed by atoms with Crippen molar-refractivity contribution in [3.8, 4) is 11.1 Å². The van der Waals surface area contributed by atoms with E-state index in [0.29, 0.717) is 0 Å². The summed E-state index contributed by atoms with van der Waals surface area (Å²) in [6, 6.07) is 18.8. The van der Waals surface area contributed by atoms with Crippen molar-refractivity contribution in [1.82, 2.24) is 0 Å². The van der Waals surface area contributed by atoms with Crippen LogP contribution in [0.3, 0.4) is 0 Å². The summed E-state index contributed by atoms with van der Waals surface area (Å²) in [6.07, 6.45) is 1.85. The molecule has 1 saturated heterocycles. The van der Waals surface area contributed by atoms with E-state index >= 15 is 0 Å². The molecule has 0 bridgehead atoms. The molecule has 0 aromatic heterocycles. The van der Waals surface area contributed by atoms with Gasteiger partial charge in [0.25, 0.3) is 0 Å². The van der Waals surface area contributed by atoms with Gasteiger partial charge < -0.3 is 9.84 Å². The number of aliphatic hydroxyl groups excluding tert-OH is 1. The smallest absolute Gasteiger partial charge is 0.0669 e. The average molecular weight is 282 g/mol. The van der Waals surface area contributed by atoms with Crippen LogP contribution in [0.15, 0.2) is 54.6 Å². The normalized spacial score (nSPS) is 21.1. The van der Waals surface area contributed by atoms with E-state index in [1.165, 1.54) is 16.7 Å². The quantitative estimate of drug-likeness (QED) is 0.918. The van der Waals surface area contributed by atoms with Gasteiger partial charge in [-0.3, -0.25) is 0 Å². The summed E-state index contributed by atoms with van der Waals surface area (Å²) in [5.41, 5.74) is 3.56. The Morgan fingerprint density at radius 1 is 1.05 bits per heavy atom. The largest absolute Gasteiger partial charge is 0.393 e. The summed E-state index contributed by atoms with van der Waals surface area (Å²) < 4.78 is 5.82. The minimum absolute atomic E-state index is 0.0520. The van der Waals surface area contributed by atoms with Crippen LogP contribution in [0.4, 0.5) is 0 Å². The van der Waals surface area contributed by atoms with Crippen molar-refractivity contribution in [2.24, 2.45) is 0 Å². The maximum Gasteiger partial charge on any atom is 0.0669 e. The highest BCUT2D eigenvalue weighted by atomic mass is 16.5. The Morgan fingerprint density at radius 3 is 2.48 bits per heavy atom. The summed E-state index contributed by atoms with van der Waals surface area (Å²) in [6.45, 7) is 2.67. The molecule has 0 aliphatic carbocycles. The standard InChI is InChI=1S/C19H22O2/c1-14(20)19(18-11-6-12-21-18)17-10-5-9-16(13-17)15-7-3-2-4-8-15/h2-5,7-10,13-14,18-20H,6,11-12H2,1H3. The molecule has 2 aromatic rings. The van der Waals surface area contributed by atoms with Crippen LogP contribution in [0.1, 0.15) is 31.2 Å². The molecule has 21 heavy (non-hydrogen) atoms. The molecule has 1 aliphatic rings. The van der Waals surface area contributed by atoms with Gasteiger partial charge in [-0.25, -0.2) is 0 Å². The van der Waals surface area contributed by atoms with E-state index in [4.69, 9.17) is 4.74 Å². The van der Waals surface area contributed by atoms with E-state index in [1.54, 1.807) is 0 Å². The zero-order valence-corrected chi connectivity index (χ0v) is 12.4. The molecule has 2 nitrogen and oxygen atoms in total. The molecular weight excluding hydrogens is 260 g/mol. The third kappa shape index (κ3) is 3.17. The lowest BCUT2D eigenvalue weighted by molar-refractivity contribution is 0.0373. The molecule has 0 amide bonds. The van der Waals surface area contributed by atoms with Crippen molar-refractivity contribution < 1.29 is 9.84 Å². The van der Waals surface area contributed by atoms with E-state index < -0.39 is 6.10 Å². The summed E-state index contributed by atoms with van der Waals surface area (Å²) in [5, 5.41) is 10.2. The zero-order valence-electron chi connectivity index (χ0n) is 12.4. The lowest BCUT2D eigenvalue weighted by Gasteiger charge is -2.26.